The molecule has 5 nitrogen and oxygen atoms in total. The molecule has 0 aliphatic heterocycles. The summed E-state index contributed by atoms with van der Waals surface area (Å²) < 4.78 is 24.4. The van der Waals surface area contributed by atoms with Gasteiger partial charge in [-0.2, -0.15) is 5.26 Å². The lowest BCUT2D eigenvalue weighted by Gasteiger charge is -2.24. The highest BCUT2D eigenvalue weighted by molar-refractivity contribution is 5.68. The molecular weight excluding hydrogens is 299 g/mol. The van der Waals surface area contributed by atoms with Gasteiger partial charge < -0.3 is 14.8 Å². The molecule has 0 unspecified atom stereocenters. The van der Waals surface area contributed by atoms with Gasteiger partial charge in [-0.05, 0) is 38.8 Å². The van der Waals surface area contributed by atoms with Gasteiger partial charge in [-0.15, -0.1) is 0 Å². The number of nitriles is 1. The Bertz CT molecular complexity index is 511. The second-order valence-corrected chi connectivity index (χ2v) is 6.16. The van der Waals surface area contributed by atoms with Crippen LogP contribution in [0.3, 0.4) is 0 Å². The van der Waals surface area contributed by atoms with E-state index >= 15 is 0 Å². The van der Waals surface area contributed by atoms with Gasteiger partial charge in [0.15, 0.2) is 5.76 Å². The van der Waals surface area contributed by atoms with Crippen LogP contribution in [0, 0.1) is 17.2 Å². The Labute approximate surface area is 137 Å². The fourth-order valence-corrected chi connectivity index (χ4v) is 1.51. The first-order valence-electron chi connectivity index (χ1n) is 7.31. The van der Waals surface area contributed by atoms with Crippen molar-refractivity contribution in [2.24, 2.45) is 5.92 Å². The number of hydrogen-bond acceptors (Lipinski definition) is 4. The van der Waals surface area contributed by atoms with Gasteiger partial charge >= 0.3 is 6.09 Å². The molecule has 1 N–H and O–H groups in total. The fraction of sp³-hybridized carbons (Fsp3) is 0.529. The number of nitrogens with zero attached hydrogens (tertiary/aromatic N) is 1. The predicted octanol–water partition coefficient (Wildman–Crippen LogP) is 4.00. The minimum Gasteiger partial charge on any atom is -0.479 e. The van der Waals surface area contributed by atoms with Crippen molar-refractivity contribution >= 4 is 6.09 Å². The molecule has 0 fully saturated rings. The zero-order valence-electron chi connectivity index (χ0n) is 14.4. The maximum absolute atomic E-state index is 14.3. The first-order valence-corrected chi connectivity index (χ1v) is 7.31. The van der Waals surface area contributed by atoms with E-state index < -0.39 is 23.6 Å². The molecule has 0 aromatic heterocycles. The number of rotatable bonds is 7. The van der Waals surface area contributed by atoms with Crippen molar-refractivity contribution < 1.29 is 18.7 Å². The van der Waals surface area contributed by atoms with E-state index in [1.807, 2.05) is 0 Å². The fourth-order valence-electron chi connectivity index (χ4n) is 1.51. The molecule has 0 heterocycles. The van der Waals surface area contributed by atoms with Gasteiger partial charge in [0.1, 0.15) is 24.1 Å². The van der Waals surface area contributed by atoms with E-state index in [2.05, 4.69) is 11.9 Å². The van der Waals surface area contributed by atoms with Crippen molar-refractivity contribution in [1.29, 1.82) is 5.26 Å². The molecule has 6 heteroatoms. The van der Waals surface area contributed by atoms with Crippen LogP contribution >= 0.6 is 0 Å². The smallest absolute Gasteiger partial charge is 0.408 e. The number of hydrogen-bond donors (Lipinski definition) is 1. The normalized spacial score (nSPS) is 14.0. The zero-order chi connectivity index (χ0) is 18.0. The number of ether oxygens (including phenoxy) is 2. The van der Waals surface area contributed by atoms with Gasteiger partial charge in [-0.1, -0.05) is 26.5 Å². The van der Waals surface area contributed by atoms with E-state index in [4.69, 9.17) is 14.7 Å². The van der Waals surface area contributed by atoms with Crippen molar-refractivity contribution in [3.8, 4) is 6.07 Å². The molecule has 0 aliphatic rings. The second kappa shape index (κ2) is 9.67. The molecule has 23 heavy (non-hydrogen) atoms. The van der Waals surface area contributed by atoms with Crippen LogP contribution in [0.2, 0.25) is 0 Å². The molecule has 0 saturated carbocycles. The van der Waals surface area contributed by atoms with Gasteiger partial charge in [0.2, 0.25) is 0 Å². The molecule has 0 aromatic rings. The Hall–Kier alpha value is -2.29. The molecule has 1 amide bonds. The predicted molar refractivity (Wildman–Crippen MR) is 87.0 cm³/mol. The van der Waals surface area contributed by atoms with Crippen LogP contribution in [-0.2, 0) is 9.47 Å². The third-order valence-electron chi connectivity index (χ3n) is 2.50. The minimum absolute atomic E-state index is 0.0418. The van der Waals surface area contributed by atoms with Crippen LogP contribution in [0.4, 0.5) is 9.18 Å². The van der Waals surface area contributed by atoms with E-state index in [-0.39, 0.29) is 18.3 Å². The Morgan fingerprint density at radius 3 is 2.43 bits per heavy atom. The summed E-state index contributed by atoms with van der Waals surface area (Å²) >= 11 is 0. The summed E-state index contributed by atoms with van der Waals surface area (Å²) in [7, 11) is 0. The highest BCUT2D eigenvalue weighted by Crippen LogP contribution is 2.16. The average Bonchev–Trinajstić information content (AvgIpc) is 2.42. The van der Waals surface area contributed by atoms with Crippen LogP contribution in [0.15, 0.2) is 36.4 Å². The first-order chi connectivity index (χ1) is 10.6. The van der Waals surface area contributed by atoms with Gasteiger partial charge in [-0.25, -0.2) is 9.18 Å². The summed E-state index contributed by atoms with van der Waals surface area (Å²) in [6.07, 6.45) is 3.09. The van der Waals surface area contributed by atoms with Crippen molar-refractivity contribution in [3.63, 3.8) is 0 Å². The van der Waals surface area contributed by atoms with Crippen LogP contribution < -0.4 is 5.32 Å². The third kappa shape index (κ3) is 9.35. The van der Waals surface area contributed by atoms with Crippen molar-refractivity contribution in [2.45, 2.75) is 46.3 Å². The van der Waals surface area contributed by atoms with Gasteiger partial charge in [0.05, 0.1) is 6.04 Å². The third-order valence-corrected chi connectivity index (χ3v) is 2.50. The van der Waals surface area contributed by atoms with Crippen molar-refractivity contribution in [3.05, 3.63) is 36.4 Å². The maximum atomic E-state index is 14.3. The molecule has 0 bridgehead atoms. The molecule has 0 aromatic carbocycles. The number of carbonyl (C=O) groups excluding carboxylic acids is 1. The highest BCUT2D eigenvalue weighted by Gasteiger charge is 2.24. The Morgan fingerprint density at radius 2 is 2.00 bits per heavy atom. The van der Waals surface area contributed by atoms with E-state index in [0.29, 0.717) is 0 Å². The van der Waals surface area contributed by atoms with E-state index in [0.717, 1.165) is 6.08 Å². The topological polar surface area (TPSA) is 71.3 Å². The summed E-state index contributed by atoms with van der Waals surface area (Å²) in [5, 5.41) is 11.4. The monoisotopic (exact) mass is 324 g/mol. The molecular formula is C17H25FN2O3. The van der Waals surface area contributed by atoms with Crippen LogP contribution in [0.25, 0.3) is 0 Å². The van der Waals surface area contributed by atoms with Crippen LogP contribution in [0.5, 0.6) is 0 Å². The molecule has 0 aliphatic carbocycles. The maximum Gasteiger partial charge on any atom is 0.408 e. The van der Waals surface area contributed by atoms with E-state index in [9.17, 15) is 9.18 Å². The summed E-state index contributed by atoms with van der Waals surface area (Å²) in [5.74, 6) is -0.840. The highest BCUT2D eigenvalue weighted by atomic mass is 19.1. The lowest BCUT2D eigenvalue weighted by Crippen LogP contribution is -2.42. The average molecular weight is 324 g/mol. The summed E-state index contributed by atoms with van der Waals surface area (Å²) in [6, 6.07) is 0.939. The van der Waals surface area contributed by atoms with Gasteiger partial charge in [0.25, 0.3) is 0 Å². The first kappa shape index (κ1) is 20.7. The molecule has 1 atom stereocenters. The number of nitrogens with one attached hydrogen (secondary N) is 1. The molecule has 0 saturated heterocycles. The van der Waals surface area contributed by atoms with E-state index in [1.54, 1.807) is 40.7 Å². The molecule has 128 valence electrons. The molecule has 0 rings (SSSR count). The van der Waals surface area contributed by atoms with Gasteiger partial charge in [0, 0.05) is 0 Å². The molecule has 0 radical (unpaired) electrons. The number of halogens is 1. The summed E-state index contributed by atoms with van der Waals surface area (Å²) in [6.45, 7) is 12.3. The Balaban J connectivity index is 5.05. The molecule has 0 spiro atoms. The zero-order valence-corrected chi connectivity index (χ0v) is 14.4. The lowest BCUT2D eigenvalue weighted by molar-refractivity contribution is 0.0494. The standard InChI is InChI=1S/C17H25FN2O3/c1-7-10-22-13(11-19)8-9-14(18)15(12(2)3)20-16(21)23-17(4,5)6/h7-9,12,15H,1,10H2,2-6H3,(H,20,21)/b13-8-,14-9-/t15-/m1/s1. The van der Waals surface area contributed by atoms with Crippen LogP contribution in [-0.4, -0.2) is 24.3 Å². The SMILES string of the molecule is C=CCO/C(C#N)=C\C=C(/F)[C@H](NC(=O)OC(C)(C)C)C(C)C. The largest absolute Gasteiger partial charge is 0.479 e. The number of alkyl carbamates (subject to hydrolysis) is 1. The Morgan fingerprint density at radius 1 is 1.39 bits per heavy atom. The van der Waals surface area contributed by atoms with E-state index in [1.165, 1.54) is 12.2 Å². The number of amides is 1. The van der Waals surface area contributed by atoms with Crippen molar-refractivity contribution in [1.82, 2.24) is 5.32 Å². The second-order valence-electron chi connectivity index (χ2n) is 6.16. The van der Waals surface area contributed by atoms with Crippen LogP contribution in [0.1, 0.15) is 34.6 Å². The quantitative estimate of drug-likeness (QED) is 0.332. The number of allylic oxidation sites excluding steroid dienone is 3. The summed E-state index contributed by atoms with van der Waals surface area (Å²) in [4.78, 5) is 11.8. The van der Waals surface area contributed by atoms with Gasteiger partial charge in [-0.3, -0.25) is 0 Å². The number of carbonyl (C=O) groups is 1. The summed E-state index contributed by atoms with van der Waals surface area (Å²) in [5.41, 5.74) is -0.668. The minimum atomic E-state index is -0.861. The van der Waals surface area contributed by atoms with Crippen molar-refractivity contribution in [2.75, 3.05) is 6.61 Å². The lowest BCUT2D eigenvalue weighted by atomic mass is 10.0. The Kier molecular flexibility index (Phi) is 8.71.